The van der Waals surface area contributed by atoms with Gasteiger partial charge in [0.25, 0.3) is 0 Å². The van der Waals surface area contributed by atoms with Crippen LogP contribution in [0.25, 0.3) is 0 Å². The molecule has 1 amide bonds. The number of amides is 1. The van der Waals surface area contributed by atoms with Gasteiger partial charge < -0.3 is 20.9 Å². The first kappa shape index (κ1) is 13.4. The topological polar surface area (TPSA) is 84.6 Å². The van der Waals surface area contributed by atoms with Crippen LogP contribution >= 0.6 is 0 Å². The Kier molecular flexibility index (Phi) is 5.18. The van der Waals surface area contributed by atoms with E-state index in [4.69, 9.17) is 10.5 Å². The number of methoxy groups -OCH3 is 1. The summed E-state index contributed by atoms with van der Waals surface area (Å²) in [6, 6.07) is -0.501. The van der Waals surface area contributed by atoms with Gasteiger partial charge in [0.15, 0.2) is 0 Å². The third-order valence-electron chi connectivity index (χ3n) is 3.20. The Morgan fingerprint density at radius 1 is 1.62 bits per heavy atom. The van der Waals surface area contributed by atoms with E-state index in [0.29, 0.717) is 13.0 Å². The molecule has 0 aromatic rings. The lowest BCUT2D eigenvalue weighted by Crippen LogP contribution is -2.59. The molecule has 0 aromatic heterocycles. The maximum Gasteiger partial charge on any atom is 0.237 e. The van der Waals surface area contributed by atoms with Crippen LogP contribution in [0.5, 0.6) is 0 Å². The summed E-state index contributed by atoms with van der Waals surface area (Å²) in [6.45, 7) is 0.621. The number of carbonyl (C=O) groups is 1. The van der Waals surface area contributed by atoms with Crippen LogP contribution in [0.15, 0.2) is 0 Å². The number of hydrogen-bond donors (Lipinski definition) is 3. The molecule has 0 aliphatic heterocycles. The molecule has 0 radical (unpaired) electrons. The molecule has 16 heavy (non-hydrogen) atoms. The smallest absolute Gasteiger partial charge is 0.237 e. The molecule has 94 valence electrons. The van der Waals surface area contributed by atoms with Crippen LogP contribution < -0.4 is 11.1 Å². The van der Waals surface area contributed by atoms with Gasteiger partial charge in [0, 0.05) is 13.7 Å². The van der Waals surface area contributed by atoms with Crippen molar-refractivity contribution in [1.29, 1.82) is 0 Å². The van der Waals surface area contributed by atoms with Gasteiger partial charge in [0.2, 0.25) is 5.91 Å². The normalized spacial score (nSPS) is 19.9. The predicted molar refractivity (Wildman–Crippen MR) is 60.9 cm³/mol. The molecule has 1 saturated carbocycles. The molecule has 1 atom stereocenters. The van der Waals surface area contributed by atoms with E-state index in [2.05, 4.69) is 5.32 Å². The van der Waals surface area contributed by atoms with Gasteiger partial charge in [0.05, 0.1) is 18.2 Å². The molecule has 0 spiro atoms. The van der Waals surface area contributed by atoms with Gasteiger partial charge in [-0.2, -0.15) is 0 Å². The SMILES string of the molecule is COCCCC(N)C(=O)NC1(CO)CCC1. The van der Waals surface area contributed by atoms with Crippen molar-refractivity contribution in [2.75, 3.05) is 20.3 Å². The number of aliphatic hydroxyl groups excluding tert-OH is 1. The molecule has 0 saturated heterocycles. The molecule has 1 unspecified atom stereocenters. The van der Waals surface area contributed by atoms with E-state index in [1.54, 1.807) is 7.11 Å². The van der Waals surface area contributed by atoms with Crippen molar-refractivity contribution in [1.82, 2.24) is 5.32 Å². The molecule has 0 aromatic carbocycles. The number of rotatable bonds is 7. The Hall–Kier alpha value is -0.650. The highest BCUT2D eigenvalue weighted by atomic mass is 16.5. The Morgan fingerprint density at radius 3 is 2.75 bits per heavy atom. The second-order valence-corrected chi connectivity index (χ2v) is 4.52. The van der Waals surface area contributed by atoms with Crippen molar-refractivity contribution in [3.8, 4) is 0 Å². The maximum atomic E-state index is 11.7. The fraction of sp³-hybridized carbons (Fsp3) is 0.909. The van der Waals surface area contributed by atoms with E-state index in [1.807, 2.05) is 0 Å². The largest absolute Gasteiger partial charge is 0.394 e. The van der Waals surface area contributed by atoms with E-state index < -0.39 is 11.6 Å². The minimum atomic E-state index is -0.501. The van der Waals surface area contributed by atoms with E-state index >= 15 is 0 Å². The standard InChI is InChI=1S/C11H22N2O3/c1-16-7-2-4-9(12)10(15)13-11(8-14)5-3-6-11/h9,14H,2-8,12H2,1H3,(H,13,15). The van der Waals surface area contributed by atoms with Crippen molar-refractivity contribution in [2.45, 2.75) is 43.7 Å². The summed E-state index contributed by atoms with van der Waals surface area (Å²) < 4.78 is 4.90. The first-order valence-corrected chi connectivity index (χ1v) is 5.81. The third-order valence-corrected chi connectivity index (χ3v) is 3.20. The lowest BCUT2D eigenvalue weighted by atomic mass is 9.77. The lowest BCUT2D eigenvalue weighted by Gasteiger charge is -2.41. The molecule has 5 nitrogen and oxygen atoms in total. The number of carbonyl (C=O) groups excluding carboxylic acids is 1. The van der Waals surface area contributed by atoms with Crippen LogP contribution in [-0.2, 0) is 9.53 Å². The van der Waals surface area contributed by atoms with Crippen LogP contribution in [0.1, 0.15) is 32.1 Å². The Labute approximate surface area is 96.3 Å². The molecule has 1 fully saturated rings. The van der Waals surface area contributed by atoms with Crippen LogP contribution in [0.4, 0.5) is 0 Å². The minimum absolute atomic E-state index is 0.00350. The van der Waals surface area contributed by atoms with E-state index in [1.165, 1.54) is 0 Å². The van der Waals surface area contributed by atoms with Gasteiger partial charge in [0.1, 0.15) is 0 Å². The first-order valence-electron chi connectivity index (χ1n) is 5.81. The number of nitrogens with two attached hydrogens (primary N) is 1. The molecule has 0 bridgehead atoms. The highest BCUT2D eigenvalue weighted by molar-refractivity contribution is 5.82. The molecular formula is C11H22N2O3. The molecule has 1 aliphatic rings. The summed E-state index contributed by atoms with van der Waals surface area (Å²) in [5.41, 5.74) is 5.36. The molecule has 1 aliphatic carbocycles. The van der Waals surface area contributed by atoms with Gasteiger partial charge in [-0.25, -0.2) is 0 Å². The average Bonchev–Trinajstić information content (AvgIpc) is 2.23. The van der Waals surface area contributed by atoms with Crippen molar-refractivity contribution < 1.29 is 14.6 Å². The Bertz CT molecular complexity index is 224. The van der Waals surface area contributed by atoms with E-state index in [9.17, 15) is 9.90 Å². The molecule has 0 heterocycles. The summed E-state index contributed by atoms with van der Waals surface area (Å²) in [6.07, 6.45) is 4.14. The second kappa shape index (κ2) is 6.18. The fourth-order valence-electron chi connectivity index (χ4n) is 1.86. The monoisotopic (exact) mass is 230 g/mol. The van der Waals surface area contributed by atoms with Crippen molar-refractivity contribution in [3.05, 3.63) is 0 Å². The van der Waals surface area contributed by atoms with Crippen LogP contribution in [0.3, 0.4) is 0 Å². The summed E-state index contributed by atoms with van der Waals surface area (Å²) in [7, 11) is 1.63. The van der Waals surface area contributed by atoms with Gasteiger partial charge in [-0.1, -0.05) is 0 Å². The van der Waals surface area contributed by atoms with E-state index in [0.717, 1.165) is 25.7 Å². The van der Waals surface area contributed by atoms with Crippen molar-refractivity contribution in [3.63, 3.8) is 0 Å². The van der Waals surface area contributed by atoms with Gasteiger partial charge in [-0.3, -0.25) is 4.79 Å². The Morgan fingerprint density at radius 2 is 2.31 bits per heavy atom. The maximum absolute atomic E-state index is 11.7. The molecular weight excluding hydrogens is 208 g/mol. The Balaban J connectivity index is 2.27. The molecule has 4 N–H and O–H groups in total. The van der Waals surface area contributed by atoms with Crippen LogP contribution in [-0.4, -0.2) is 42.9 Å². The second-order valence-electron chi connectivity index (χ2n) is 4.52. The van der Waals surface area contributed by atoms with Crippen molar-refractivity contribution in [2.24, 2.45) is 5.73 Å². The first-order chi connectivity index (χ1) is 7.63. The number of nitrogens with one attached hydrogen (secondary N) is 1. The highest BCUT2D eigenvalue weighted by Gasteiger charge is 2.38. The number of hydrogen-bond acceptors (Lipinski definition) is 4. The summed E-state index contributed by atoms with van der Waals surface area (Å²) in [5.74, 6) is -0.162. The zero-order chi connectivity index (χ0) is 12.0. The van der Waals surface area contributed by atoms with Gasteiger partial charge in [-0.15, -0.1) is 0 Å². The number of aliphatic hydroxyl groups is 1. The van der Waals surface area contributed by atoms with Crippen molar-refractivity contribution >= 4 is 5.91 Å². The quantitative estimate of drug-likeness (QED) is 0.527. The zero-order valence-electron chi connectivity index (χ0n) is 9.87. The predicted octanol–water partition coefficient (Wildman–Crippen LogP) is -0.228. The molecule has 1 rings (SSSR count). The lowest BCUT2D eigenvalue weighted by molar-refractivity contribution is -0.126. The summed E-state index contributed by atoms with van der Waals surface area (Å²) in [5, 5.41) is 12.1. The minimum Gasteiger partial charge on any atom is -0.394 e. The number of ether oxygens (including phenoxy) is 1. The third kappa shape index (κ3) is 3.43. The van der Waals surface area contributed by atoms with Gasteiger partial charge in [-0.05, 0) is 32.1 Å². The van der Waals surface area contributed by atoms with E-state index in [-0.39, 0.29) is 12.5 Å². The van der Waals surface area contributed by atoms with Crippen LogP contribution in [0, 0.1) is 0 Å². The highest BCUT2D eigenvalue weighted by Crippen LogP contribution is 2.31. The fourth-order valence-corrected chi connectivity index (χ4v) is 1.86. The zero-order valence-corrected chi connectivity index (χ0v) is 9.87. The van der Waals surface area contributed by atoms with Gasteiger partial charge >= 0.3 is 0 Å². The van der Waals surface area contributed by atoms with Crippen LogP contribution in [0.2, 0.25) is 0 Å². The average molecular weight is 230 g/mol. The summed E-state index contributed by atoms with van der Waals surface area (Å²) >= 11 is 0. The molecule has 5 heteroatoms. The summed E-state index contributed by atoms with van der Waals surface area (Å²) in [4.78, 5) is 11.7.